The van der Waals surface area contributed by atoms with Crippen LogP contribution in [0.1, 0.15) is 48.7 Å². The second-order valence-electron chi connectivity index (χ2n) is 5.17. The van der Waals surface area contributed by atoms with Crippen molar-refractivity contribution < 1.29 is 4.79 Å². The molecule has 1 nitrogen and oxygen atoms in total. The number of rotatable bonds is 6. The smallest absolute Gasteiger partial charge is 0.175 e. The summed E-state index contributed by atoms with van der Waals surface area (Å²) in [5, 5.41) is 0.0551. The van der Waals surface area contributed by atoms with E-state index in [1.165, 1.54) is 6.42 Å². The molecule has 0 fully saturated rings. The number of thioether (sulfide) groups is 1. The van der Waals surface area contributed by atoms with Gasteiger partial charge in [0.2, 0.25) is 0 Å². The Bertz CT molecular complexity index is 412. The molecule has 0 bridgehead atoms. The van der Waals surface area contributed by atoms with E-state index in [0.29, 0.717) is 5.92 Å². The number of carbonyl (C=O) groups excluding carboxylic acids is 1. The van der Waals surface area contributed by atoms with Gasteiger partial charge in [-0.15, -0.1) is 0 Å². The lowest BCUT2D eigenvalue weighted by Crippen LogP contribution is -2.16. The third kappa shape index (κ3) is 4.16. The molecule has 0 radical (unpaired) electrons. The summed E-state index contributed by atoms with van der Waals surface area (Å²) < 4.78 is 0. The lowest BCUT2D eigenvalue weighted by atomic mass is 10.0. The monoisotopic (exact) mass is 264 g/mol. The van der Waals surface area contributed by atoms with E-state index in [9.17, 15) is 4.79 Å². The van der Waals surface area contributed by atoms with Gasteiger partial charge in [0.15, 0.2) is 5.78 Å². The van der Waals surface area contributed by atoms with Crippen molar-refractivity contribution in [2.24, 2.45) is 5.92 Å². The SMILES string of the molecule is CCC(C)CSC(C)C(=O)c1cc(C)ccc1C. The molecule has 0 aromatic heterocycles. The van der Waals surface area contributed by atoms with Crippen molar-refractivity contribution in [3.63, 3.8) is 0 Å². The fourth-order valence-corrected chi connectivity index (χ4v) is 2.85. The summed E-state index contributed by atoms with van der Waals surface area (Å²) in [6.07, 6.45) is 1.18. The number of hydrogen-bond donors (Lipinski definition) is 0. The van der Waals surface area contributed by atoms with Crippen LogP contribution in [0.2, 0.25) is 0 Å². The summed E-state index contributed by atoms with van der Waals surface area (Å²) in [6, 6.07) is 6.11. The highest BCUT2D eigenvalue weighted by Gasteiger charge is 2.18. The molecule has 1 aromatic carbocycles. The number of ketones is 1. The van der Waals surface area contributed by atoms with Crippen LogP contribution < -0.4 is 0 Å². The second kappa shape index (κ2) is 6.98. The van der Waals surface area contributed by atoms with Gasteiger partial charge in [-0.1, -0.05) is 38.0 Å². The molecule has 1 rings (SSSR count). The van der Waals surface area contributed by atoms with Crippen molar-refractivity contribution in [1.29, 1.82) is 0 Å². The highest BCUT2D eigenvalue weighted by molar-refractivity contribution is 8.00. The molecule has 18 heavy (non-hydrogen) atoms. The first kappa shape index (κ1) is 15.3. The normalized spacial score (nSPS) is 14.3. The van der Waals surface area contributed by atoms with Gasteiger partial charge in [0.05, 0.1) is 5.25 Å². The number of aryl methyl sites for hydroxylation is 2. The third-order valence-corrected chi connectivity index (χ3v) is 4.83. The molecule has 0 aliphatic rings. The van der Waals surface area contributed by atoms with Crippen LogP contribution in [0, 0.1) is 19.8 Å². The minimum absolute atomic E-state index is 0.0551. The zero-order chi connectivity index (χ0) is 13.7. The highest BCUT2D eigenvalue weighted by Crippen LogP contribution is 2.22. The van der Waals surface area contributed by atoms with Gasteiger partial charge in [-0.2, -0.15) is 11.8 Å². The Hall–Kier alpha value is -0.760. The first-order valence-corrected chi connectivity index (χ1v) is 7.73. The van der Waals surface area contributed by atoms with Crippen molar-refractivity contribution >= 4 is 17.5 Å². The van der Waals surface area contributed by atoms with Gasteiger partial charge in [-0.05, 0) is 44.1 Å². The molecule has 2 unspecified atom stereocenters. The largest absolute Gasteiger partial charge is 0.293 e. The molecular formula is C16H24OS. The number of carbonyl (C=O) groups is 1. The van der Waals surface area contributed by atoms with Crippen LogP contribution in [0.5, 0.6) is 0 Å². The summed E-state index contributed by atoms with van der Waals surface area (Å²) in [7, 11) is 0. The van der Waals surface area contributed by atoms with Crippen LogP contribution in [0.25, 0.3) is 0 Å². The predicted octanol–water partition coefficient (Wildman–Crippen LogP) is 4.65. The summed E-state index contributed by atoms with van der Waals surface area (Å²) in [4.78, 5) is 12.4. The first-order valence-electron chi connectivity index (χ1n) is 6.68. The van der Waals surface area contributed by atoms with Gasteiger partial charge >= 0.3 is 0 Å². The van der Waals surface area contributed by atoms with Crippen molar-refractivity contribution in [3.8, 4) is 0 Å². The minimum Gasteiger partial charge on any atom is -0.293 e. The molecule has 0 aliphatic heterocycles. The van der Waals surface area contributed by atoms with Crippen molar-refractivity contribution in [1.82, 2.24) is 0 Å². The molecule has 100 valence electrons. The predicted molar refractivity (Wildman–Crippen MR) is 81.6 cm³/mol. The summed E-state index contributed by atoms with van der Waals surface area (Å²) in [5.74, 6) is 2.02. The molecule has 1 aromatic rings. The van der Waals surface area contributed by atoms with Gasteiger partial charge in [0, 0.05) is 5.56 Å². The van der Waals surface area contributed by atoms with E-state index in [1.54, 1.807) is 11.8 Å². The Balaban J connectivity index is 2.71. The van der Waals surface area contributed by atoms with Crippen LogP contribution in [-0.2, 0) is 0 Å². The maximum atomic E-state index is 12.4. The van der Waals surface area contributed by atoms with E-state index in [-0.39, 0.29) is 11.0 Å². The van der Waals surface area contributed by atoms with E-state index >= 15 is 0 Å². The van der Waals surface area contributed by atoms with Gasteiger partial charge in [-0.3, -0.25) is 4.79 Å². The summed E-state index contributed by atoms with van der Waals surface area (Å²) in [6.45, 7) is 10.5. The molecule has 0 N–H and O–H groups in total. The second-order valence-corrected chi connectivity index (χ2v) is 6.55. The summed E-state index contributed by atoms with van der Waals surface area (Å²) >= 11 is 1.78. The molecule has 2 heteroatoms. The van der Waals surface area contributed by atoms with Crippen molar-refractivity contribution in [2.45, 2.75) is 46.3 Å². The zero-order valence-electron chi connectivity index (χ0n) is 12.1. The van der Waals surface area contributed by atoms with Gasteiger partial charge in [0.1, 0.15) is 0 Å². The van der Waals surface area contributed by atoms with Crippen LogP contribution in [0.3, 0.4) is 0 Å². The van der Waals surface area contributed by atoms with Gasteiger partial charge in [-0.25, -0.2) is 0 Å². The van der Waals surface area contributed by atoms with Crippen LogP contribution in [-0.4, -0.2) is 16.8 Å². The van der Waals surface area contributed by atoms with Crippen molar-refractivity contribution in [2.75, 3.05) is 5.75 Å². The highest BCUT2D eigenvalue weighted by atomic mass is 32.2. The topological polar surface area (TPSA) is 17.1 Å². The van der Waals surface area contributed by atoms with Crippen molar-refractivity contribution in [3.05, 3.63) is 34.9 Å². The maximum absolute atomic E-state index is 12.4. The lowest BCUT2D eigenvalue weighted by molar-refractivity contribution is 0.0993. The molecule has 0 amide bonds. The maximum Gasteiger partial charge on any atom is 0.175 e. The van der Waals surface area contributed by atoms with E-state index in [4.69, 9.17) is 0 Å². The zero-order valence-corrected chi connectivity index (χ0v) is 12.9. The van der Waals surface area contributed by atoms with Crippen LogP contribution >= 0.6 is 11.8 Å². The summed E-state index contributed by atoms with van der Waals surface area (Å²) in [5.41, 5.74) is 3.13. The number of Topliss-reactive ketones (excluding diaryl/α,β-unsaturated/α-hetero) is 1. The molecule has 0 aliphatic carbocycles. The molecular weight excluding hydrogens is 240 g/mol. The average molecular weight is 264 g/mol. The lowest BCUT2D eigenvalue weighted by Gasteiger charge is -2.15. The van der Waals surface area contributed by atoms with E-state index < -0.39 is 0 Å². The van der Waals surface area contributed by atoms with Gasteiger partial charge < -0.3 is 0 Å². The Morgan fingerprint density at radius 1 is 1.28 bits per heavy atom. The van der Waals surface area contributed by atoms with E-state index in [1.807, 2.05) is 32.9 Å². The number of benzene rings is 1. The quantitative estimate of drug-likeness (QED) is 0.695. The Morgan fingerprint density at radius 2 is 1.94 bits per heavy atom. The van der Waals surface area contributed by atoms with Gasteiger partial charge in [0.25, 0.3) is 0 Å². The average Bonchev–Trinajstić information content (AvgIpc) is 2.37. The number of hydrogen-bond acceptors (Lipinski definition) is 2. The Morgan fingerprint density at radius 3 is 2.56 bits per heavy atom. The fourth-order valence-electron chi connectivity index (χ4n) is 1.72. The molecule has 2 atom stereocenters. The van der Waals surface area contributed by atoms with E-state index in [0.717, 1.165) is 22.4 Å². The molecule has 0 spiro atoms. The fraction of sp³-hybridized carbons (Fsp3) is 0.562. The minimum atomic E-state index is 0.0551. The standard InChI is InChI=1S/C16H24OS/c1-6-11(2)10-18-14(5)16(17)15-9-12(3)7-8-13(15)4/h7-9,11,14H,6,10H2,1-5H3. The Labute approximate surface area is 115 Å². The molecule has 0 heterocycles. The third-order valence-electron chi connectivity index (χ3n) is 3.36. The van der Waals surface area contributed by atoms with E-state index in [2.05, 4.69) is 19.9 Å². The molecule has 0 saturated carbocycles. The molecule has 0 saturated heterocycles. The van der Waals surface area contributed by atoms with Crippen LogP contribution in [0.15, 0.2) is 18.2 Å². The Kier molecular flexibility index (Phi) is 5.94. The van der Waals surface area contributed by atoms with Crippen LogP contribution in [0.4, 0.5) is 0 Å². The first-order chi connectivity index (χ1) is 8.45.